The van der Waals surface area contributed by atoms with Crippen LogP contribution in [0, 0.1) is 13.8 Å². The Labute approximate surface area is 200 Å². The number of hydrogen-bond acceptors (Lipinski definition) is 6. The molecule has 0 aliphatic rings. The lowest BCUT2D eigenvalue weighted by atomic mass is 10.1. The average Bonchev–Trinajstić information content (AvgIpc) is 3.12. The monoisotopic (exact) mass is 476 g/mol. The first kappa shape index (κ1) is 22.9. The third-order valence-corrected chi connectivity index (χ3v) is 7.36. The predicted octanol–water partition coefficient (Wildman–Crippen LogP) is 5.01. The fourth-order valence-corrected chi connectivity index (χ4v) is 5.35. The van der Waals surface area contributed by atoms with Crippen molar-refractivity contribution in [3.63, 3.8) is 0 Å². The largest absolute Gasteiger partial charge is 0.352 e. The summed E-state index contributed by atoms with van der Waals surface area (Å²) in [4.78, 5) is 36.3. The van der Waals surface area contributed by atoms with Gasteiger partial charge >= 0.3 is 0 Å². The average molecular weight is 477 g/mol. The molecule has 2 aromatic heterocycles. The first-order valence-corrected chi connectivity index (χ1v) is 12.4. The molecule has 0 atom stereocenters. The van der Waals surface area contributed by atoms with E-state index in [1.54, 1.807) is 35.6 Å². The standard InChI is InChI=1S/C25H24N4O2S2/c1-16-17(2)33-25-22(16)24(27-15-28-25)32-14-21(30)29-20-11-7-6-10-19(20)23(31)26-13-12-18-8-4-3-5-9-18/h3-11,15H,12-14H2,1-2H3,(H,26,31)(H,29,30). The Hall–Kier alpha value is -3.23. The number of amides is 2. The summed E-state index contributed by atoms with van der Waals surface area (Å²) in [5.74, 6) is -0.220. The van der Waals surface area contributed by atoms with E-state index in [2.05, 4.69) is 27.5 Å². The molecule has 8 heteroatoms. The number of thiophene rings is 1. The van der Waals surface area contributed by atoms with Crippen LogP contribution >= 0.6 is 23.1 Å². The lowest BCUT2D eigenvalue weighted by Crippen LogP contribution is -2.27. The number of benzene rings is 2. The van der Waals surface area contributed by atoms with E-state index in [9.17, 15) is 9.59 Å². The molecule has 4 rings (SSSR count). The number of thioether (sulfide) groups is 1. The summed E-state index contributed by atoms with van der Waals surface area (Å²) in [5, 5.41) is 7.62. The van der Waals surface area contributed by atoms with E-state index in [0.29, 0.717) is 17.8 Å². The minimum Gasteiger partial charge on any atom is -0.352 e. The second-order valence-electron chi connectivity index (χ2n) is 7.52. The number of hydrogen-bond donors (Lipinski definition) is 2. The Morgan fingerprint density at radius 2 is 1.76 bits per heavy atom. The van der Waals surface area contributed by atoms with Gasteiger partial charge in [-0.15, -0.1) is 11.3 Å². The third-order valence-electron chi connectivity index (χ3n) is 5.26. The fraction of sp³-hybridized carbons (Fsp3) is 0.200. The number of anilines is 1. The van der Waals surface area contributed by atoms with Crippen molar-refractivity contribution in [1.29, 1.82) is 0 Å². The molecule has 0 spiro atoms. The maximum Gasteiger partial charge on any atom is 0.253 e. The van der Waals surface area contributed by atoms with Crippen molar-refractivity contribution in [3.8, 4) is 0 Å². The van der Waals surface area contributed by atoms with Gasteiger partial charge in [0.2, 0.25) is 5.91 Å². The molecule has 2 aromatic carbocycles. The number of aromatic nitrogens is 2. The molecule has 0 radical (unpaired) electrons. The maximum absolute atomic E-state index is 12.7. The van der Waals surface area contributed by atoms with Gasteiger partial charge in [-0.1, -0.05) is 54.2 Å². The van der Waals surface area contributed by atoms with Gasteiger partial charge in [-0.05, 0) is 43.5 Å². The number of carbonyl (C=O) groups excluding carboxylic acids is 2. The van der Waals surface area contributed by atoms with Gasteiger partial charge in [-0.25, -0.2) is 9.97 Å². The molecule has 33 heavy (non-hydrogen) atoms. The van der Waals surface area contributed by atoms with Gasteiger partial charge < -0.3 is 10.6 Å². The molecule has 0 fully saturated rings. The molecule has 0 unspecified atom stereocenters. The van der Waals surface area contributed by atoms with Crippen LogP contribution in [0.1, 0.15) is 26.4 Å². The van der Waals surface area contributed by atoms with Crippen molar-refractivity contribution >= 4 is 50.8 Å². The highest BCUT2D eigenvalue weighted by Crippen LogP contribution is 2.34. The Morgan fingerprint density at radius 1 is 1.00 bits per heavy atom. The summed E-state index contributed by atoms with van der Waals surface area (Å²) in [6, 6.07) is 17.0. The normalized spacial score (nSPS) is 10.8. The van der Waals surface area contributed by atoms with Crippen LogP contribution in [0.3, 0.4) is 0 Å². The molecule has 6 nitrogen and oxygen atoms in total. The first-order valence-electron chi connectivity index (χ1n) is 10.6. The number of nitrogens with one attached hydrogen (secondary N) is 2. The molecule has 2 N–H and O–H groups in total. The smallest absolute Gasteiger partial charge is 0.253 e. The molecule has 0 aliphatic heterocycles. The van der Waals surface area contributed by atoms with Crippen LogP contribution in [0.4, 0.5) is 5.69 Å². The van der Waals surface area contributed by atoms with Gasteiger partial charge in [0.1, 0.15) is 16.2 Å². The lowest BCUT2D eigenvalue weighted by molar-refractivity contribution is -0.113. The summed E-state index contributed by atoms with van der Waals surface area (Å²) >= 11 is 3.00. The van der Waals surface area contributed by atoms with Gasteiger partial charge in [0.15, 0.2) is 0 Å². The van der Waals surface area contributed by atoms with E-state index in [1.807, 2.05) is 37.3 Å². The van der Waals surface area contributed by atoms with Gasteiger partial charge in [0.05, 0.1) is 17.0 Å². The van der Waals surface area contributed by atoms with E-state index >= 15 is 0 Å². The minimum atomic E-state index is -0.212. The summed E-state index contributed by atoms with van der Waals surface area (Å²) < 4.78 is 0. The second-order valence-corrected chi connectivity index (χ2v) is 9.68. The lowest BCUT2D eigenvalue weighted by Gasteiger charge is -2.11. The molecule has 2 heterocycles. The van der Waals surface area contributed by atoms with Crippen molar-refractivity contribution in [3.05, 3.63) is 82.5 Å². The van der Waals surface area contributed by atoms with E-state index in [0.717, 1.165) is 32.8 Å². The summed E-state index contributed by atoms with van der Waals surface area (Å²) in [6.45, 7) is 4.63. The van der Waals surface area contributed by atoms with Crippen molar-refractivity contribution in [2.45, 2.75) is 25.3 Å². The highest BCUT2D eigenvalue weighted by molar-refractivity contribution is 8.00. The van der Waals surface area contributed by atoms with Crippen molar-refractivity contribution in [2.75, 3.05) is 17.6 Å². The van der Waals surface area contributed by atoms with E-state index in [1.165, 1.54) is 23.0 Å². The van der Waals surface area contributed by atoms with Gasteiger partial charge in [0, 0.05) is 16.8 Å². The molecule has 0 saturated carbocycles. The molecular weight excluding hydrogens is 452 g/mol. The van der Waals surface area contributed by atoms with Crippen molar-refractivity contribution in [2.24, 2.45) is 0 Å². The van der Waals surface area contributed by atoms with Gasteiger partial charge in [-0.2, -0.15) is 0 Å². The highest BCUT2D eigenvalue weighted by atomic mass is 32.2. The SMILES string of the molecule is Cc1sc2ncnc(SCC(=O)Nc3ccccc3C(=O)NCCc3ccccc3)c2c1C. The molecule has 0 bridgehead atoms. The molecule has 2 amide bonds. The van der Waals surface area contributed by atoms with Crippen LogP contribution in [0.25, 0.3) is 10.2 Å². The van der Waals surface area contributed by atoms with Gasteiger partial charge in [0.25, 0.3) is 5.91 Å². The topological polar surface area (TPSA) is 84.0 Å². The number of aryl methyl sites for hydroxylation is 2. The summed E-state index contributed by atoms with van der Waals surface area (Å²) in [7, 11) is 0. The molecule has 4 aromatic rings. The number of nitrogens with zero attached hydrogens (tertiary/aromatic N) is 2. The number of rotatable bonds is 8. The molecule has 168 valence electrons. The number of fused-ring (bicyclic) bond motifs is 1. The number of carbonyl (C=O) groups is 2. The zero-order valence-electron chi connectivity index (χ0n) is 18.4. The summed E-state index contributed by atoms with van der Waals surface area (Å²) in [5.41, 5.74) is 3.25. The Bertz CT molecular complexity index is 1290. The Balaban J connectivity index is 1.37. The van der Waals surface area contributed by atoms with E-state index in [4.69, 9.17) is 0 Å². The van der Waals surface area contributed by atoms with Gasteiger partial charge in [-0.3, -0.25) is 9.59 Å². The number of para-hydroxylation sites is 1. The van der Waals surface area contributed by atoms with E-state index < -0.39 is 0 Å². The van der Waals surface area contributed by atoms with Crippen LogP contribution < -0.4 is 10.6 Å². The van der Waals surface area contributed by atoms with Crippen LogP contribution in [0.2, 0.25) is 0 Å². The van der Waals surface area contributed by atoms with Crippen molar-refractivity contribution < 1.29 is 9.59 Å². The van der Waals surface area contributed by atoms with Crippen molar-refractivity contribution in [1.82, 2.24) is 15.3 Å². The van der Waals surface area contributed by atoms with Crippen LogP contribution in [0.5, 0.6) is 0 Å². The minimum absolute atomic E-state index is 0.185. The summed E-state index contributed by atoms with van der Waals surface area (Å²) in [6.07, 6.45) is 2.28. The molecule has 0 aliphatic carbocycles. The fourth-order valence-electron chi connectivity index (χ4n) is 3.43. The third kappa shape index (κ3) is 5.58. The zero-order chi connectivity index (χ0) is 23.2. The first-order chi connectivity index (χ1) is 16.0. The van der Waals surface area contributed by atoms with E-state index in [-0.39, 0.29) is 17.6 Å². The molecular formula is C25H24N4O2S2. The molecule has 0 saturated heterocycles. The van der Waals surface area contributed by atoms with Crippen LogP contribution in [-0.2, 0) is 11.2 Å². The van der Waals surface area contributed by atoms with Crippen LogP contribution in [-0.4, -0.2) is 34.1 Å². The Kier molecular flexibility index (Phi) is 7.36. The zero-order valence-corrected chi connectivity index (χ0v) is 20.1. The quantitative estimate of drug-likeness (QED) is 0.276. The maximum atomic E-state index is 12.7. The second kappa shape index (κ2) is 10.6. The highest BCUT2D eigenvalue weighted by Gasteiger charge is 2.16. The predicted molar refractivity (Wildman–Crippen MR) is 135 cm³/mol. The van der Waals surface area contributed by atoms with Crippen LogP contribution in [0.15, 0.2) is 66.0 Å². The Morgan fingerprint density at radius 3 is 2.58 bits per heavy atom.